The van der Waals surface area contributed by atoms with Crippen molar-refractivity contribution < 1.29 is 9.90 Å². The number of carboxylic acid groups (broad SMARTS) is 1. The maximum Gasteiger partial charge on any atom is 0.338 e. The summed E-state index contributed by atoms with van der Waals surface area (Å²) in [6.45, 7) is 0.793. The summed E-state index contributed by atoms with van der Waals surface area (Å²) in [5, 5.41) is 11.8. The molecule has 0 aliphatic carbocycles. The van der Waals surface area contributed by atoms with Crippen molar-refractivity contribution in [3.63, 3.8) is 0 Å². The molecule has 0 radical (unpaired) electrons. The Labute approximate surface area is 91.7 Å². The van der Waals surface area contributed by atoms with Gasteiger partial charge in [-0.25, -0.2) is 9.78 Å². The lowest BCUT2D eigenvalue weighted by Crippen LogP contribution is -2.01. The highest BCUT2D eigenvalue weighted by atomic mass is 35.5. The van der Waals surface area contributed by atoms with Crippen molar-refractivity contribution in [3.05, 3.63) is 22.5 Å². The average molecular weight is 235 g/mol. The fourth-order valence-corrected chi connectivity index (χ4v) is 1.57. The van der Waals surface area contributed by atoms with Crippen LogP contribution < -0.4 is 5.32 Å². The highest BCUT2D eigenvalue weighted by Crippen LogP contribution is 2.25. The van der Waals surface area contributed by atoms with E-state index in [1.54, 1.807) is 0 Å². The highest BCUT2D eigenvalue weighted by Gasteiger charge is 2.18. The summed E-state index contributed by atoms with van der Waals surface area (Å²) < 4.78 is 0. The minimum atomic E-state index is -1.05. The number of carboxylic acids is 1. The van der Waals surface area contributed by atoms with E-state index in [9.17, 15) is 4.79 Å². The number of anilines is 1. The summed E-state index contributed by atoms with van der Waals surface area (Å²) in [7, 11) is 0. The predicted octanol–water partition coefficient (Wildman–Crippen LogP) is 1.82. The first kappa shape index (κ1) is 11.1. The molecule has 0 atom stereocenters. The Morgan fingerprint density at radius 3 is 3.00 bits per heavy atom. The van der Waals surface area contributed by atoms with E-state index < -0.39 is 5.97 Å². The second-order valence-electron chi connectivity index (χ2n) is 2.80. The van der Waals surface area contributed by atoms with Crippen LogP contribution in [0.3, 0.4) is 0 Å². The van der Waals surface area contributed by atoms with Crippen LogP contribution in [0.4, 0.5) is 5.69 Å². The zero-order valence-corrected chi connectivity index (χ0v) is 8.65. The van der Waals surface area contributed by atoms with Gasteiger partial charge in [0.05, 0.1) is 16.9 Å². The molecule has 0 amide bonds. The van der Waals surface area contributed by atoms with Gasteiger partial charge in [0.15, 0.2) is 0 Å². The smallest absolute Gasteiger partial charge is 0.338 e. The SMILES string of the molecule is Cl.O=C(O)c1cc2c(nc1Cl)CCN2. The van der Waals surface area contributed by atoms with Crippen molar-refractivity contribution in [2.45, 2.75) is 6.42 Å². The van der Waals surface area contributed by atoms with Gasteiger partial charge in [0.25, 0.3) is 0 Å². The van der Waals surface area contributed by atoms with Gasteiger partial charge in [-0.05, 0) is 6.07 Å². The van der Waals surface area contributed by atoms with E-state index in [1.165, 1.54) is 6.07 Å². The molecular weight excluding hydrogens is 227 g/mol. The summed E-state index contributed by atoms with van der Waals surface area (Å²) in [6.07, 6.45) is 0.801. The van der Waals surface area contributed by atoms with Crippen molar-refractivity contribution in [1.82, 2.24) is 4.98 Å². The number of aromatic carboxylic acids is 1. The number of rotatable bonds is 1. The maximum absolute atomic E-state index is 10.7. The van der Waals surface area contributed by atoms with Crippen LogP contribution in [-0.2, 0) is 6.42 Å². The molecule has 0 unspecified atom stereocenters. The van der Waals surface area contributed by atoms with Gasteiger partial charge in [0, 0.05) is 13.0 Å². The topological polar surface area (TPSA) is 62.2 Å². The third-order valence-electron chi connectivity index (χ3n) is 1.96. The highest BCUT2D eigenvalue weighted by molar-refractivity contribution is 6.32. The number of pyridine rings is 1. The summed E-state index contributed by atoms with van der Waals surface area (Å²) in [6, 6.07) is 1.53. The lowest BCUT2D eigenvalue weighted by Gasteiger charge is -2.02. The molecule has 1 aromatic rings. The molecule has 0 bridgehead atoms. The molecule has 0 fully saturated rings. The van der Waals surface area contributed by atoms with Gasteiger partial charge in [-0.2, -0.15) is 0 Å². The number of halogens is 2. The number of carbonyl (C=O) groups is 1. The van der Waals surface area contributed by atoms with E-state index in [0.29, 0.717) is 0 Å². The molecule has 0 aromatic carbocycles. The first-order chi connectivity index (χ1) is 6.18. The molecule has 14 heavy (non-hydrogen) atoms. The molecule has 2 heterocycles. The van der Waals surface area contributed by atoms with Gasteiger partial charge in [-0.1, -0.05) is 11.6 Å². The van der Waals surface area contributed by atoms with E-state index in [0.717, 1.165) is 24.3 Å². The summed E-state index contributed by atoms with van der Waals surface area (Å²) in [4.78, 5) is 14.7. The fourth-order valence-electron chi connectivity index (χ4n) is 1.34. The van der Waals surface area contributed by atoms with Crippen molar-refractivity contribution >= 4 is 35.7 Å². The zero-order valence-electron chi connectivity index (χ0n) is 7.08. The molecule has 1 aliphatic heterocycles. The van der Waals surface area contributed by atoms with Gasteiger partial charge in [-0.3, -0.25) is 0 Å². The van der Waals surface area contributed by atoms with Crippen molar-refractivity contribution in [1.29, 1.82) is 0 Å². The normalized spacial score (nSPS) is 12.6. The van der Waals surface area contributed by atoms with Crippen LogP contribution in [0.2, 0.25) is 5.15 Å². The van der Waals surface area contributed by atoms with Crippen LogP contribution >= 0.6 is 24.0 Å². The third kappa shape index (κ3) is 1.76. The molecule has 0 saturated heterocycles. The summed E-state index contributed by atoms with van der Waals surface area (Å²) in [5.74, 6) is -1.05. The lowest BCUT2D eigenvalue weighted by atomic mass is 10.2. The number of aromatic nitrogens is 1. The van der Waals surface area contributed by atoms with E-state index in [-0.39, 0.29) is 23.1 Å². The Balaban J connectivity index is 0.000000980. The quantitative estimate of drug-likeness (QED) is 0.729. The lowest BCUT2D eigenvalue weighted by molar-refractivity contribution is 0.0696. The molecule has 1 aliphatic rings. The van der Waals surface area contributed by atoms with E-state index in [4.69, 9.17) is 16.7 Å². The molecular formula is C8H8Cl2N2O2. The number of nitrogens with zero attached hydrogens (tertiary/aromatic N) is 1. The molecule has 76 valence electrons. The molecule has 0 saturated carbocycles. The molecule has 2 N–H and O–H groups in total. The number of fused-ring (bicyclic) bond motifs is 1. The first-order valence-electron chi connectivity index (χ1n) is 3.85. The fraction of sp³-hybridized carbons (Fsp3) is 0.250. The average Bonchev–Trinajstić information content (AvgIpc) is 2.48. The van der Waals surface area contributed by atoms with E-state index >= 15 is 0 Å². The zero-order chi connectivity index (χ0) is 9.42. The predicted molar refractivity (Wildman–Crippen MR) is 55.6 cm³/mol. The van der Waals surface area contributed by atoms with Gasteiger partial charge in [0.1, 0.15) is 5.15 Å². The summed E-state index contributed by atoms with van der Waals surface area (Å²) in [5.41, 5.74) is 1.67. The second kappa shape index (κ2) is 4.02. The Morgan fingerprint density at radius 1 is 1.64 bits per heavy atom. The minimum Gasteiger partial charge on any atom is -0.478 e. The summed E-state index contributed by atoms with van der Waals surface area (Å²) >= 11 is 5.68. The molecule has 4 nitrogen and oxygen atoms in total. The van der Waals surface area contributed by atoms with Crippen molar-refractivity contribution in [2.24, 2.45) is 0 Å². The van der Waals surface area contributed by atoms with Gasteiger partial charge >= 0.3 is 5.97 Å². The first-order valence-corrected chi connectivity index (χ1v) is 4.23. The largest absolute Gasteiger partial charge is 0.478 e. The number of hydrogen-bond donors (Lipinski definition) is 2. The Hall–Kier alpha value is -1.000. The van der Waals surface area contributed by atoms with Gasteiger partial charge in [-0.15, -0.1) is 12.4 Å². The van der Waals surface area contributed by atoms with E-state index in [2.05, 4.69) is 10.3 Å². The molecule has 1 aromatic heterocycles. The van der Waals surface area contributed by atoms with Gasteiger partial charge < -0.3 is 10.4 Å². The maximum atomic E-state index is 10.7. The Morgan fingerprint density at radius 2 is 2.36 bits per heavy atom. The minimum absolute atomic E-state index is 0. The second-order valence-corrected chi connectivity index (χ2v) is 3.16. The van der Waals surface area contributed by atoms with Crippen LogP contribution in [-0.4, -0.2) is 22.6 Å². The van der Waals surface area contributed by atoms with E-state index in [1.807, 2.05) is 0 Å². The van der Waals surface area contributed by atoms with Crippen LogP contribution in [0.1, 0.15) is 16.1 Å². The monoisotopic (exact) mass is 234 g/mol. The molecule has 6 heteroatoms. The standard InChI is InChI=1S/C8H7ClN2O2.ClH/c9-7-4(8(12)13)3-6-5(11-7)1-2-10-6;/h3,10H,1-2H2,(H,12,13);1H. The Kier molecular flexibility index (Phi) is 3.18. The Bertz CT molecular complexity index is 382. The number of nitrogens with one attached hydrogen (secondary N) is 1. The van der Waals surface area contributed by atoms with Gasteiger partial charge in [0.2, 0.25) is 0 Å². The third-order valence-corrected chi connectivity index (χ3v) is 2.25. The molecule has 0 spiro atoms. The van der Waals surface area contributed by atoms with Crippen molar-refractivity contribution in [2.75, 3.05) is 11.9 Å². The van der Waals surface area contributed by atoms with Crippen LogP contribution in [0.5, 0.6) is 0 Å². The van der Waals surface area contributed by atoms with Crippen LogP contribution in [0.25, 0.3) is 0 Å². The molecule has 2 rings (SSSR count). The van der Waals surface area contributed by atoms with Crippen LogP contribution in [0, 0.1) is 0 Å². The number of hydrogen-bond acceptors (Lipinski definition) is 3. The van der Waals surface area contributed by atoms with Crippen molar-refractivity contribution in [3.8, 4) is 0 Å². The van der Waals surface area contributed by atoms with Crippen LogP contribution in [0.15, 0.2) is 6.07 Å².